The molecule has 0 bridgehead atoms. The van der Waals surface area contributed by atoms with E-state index in [2.05, 4.69) is 20.8 Å². The van der Waals surface area contributed by atoms with Gasteiger partial charge >= 0.3 is 0 Å². The van der Waals surface area contributed by atoms with Gasteiger partial charge in [-0.2, -0.15) is 0 Å². The average Bonchev–Trinajstić information content (AvgIpc) is 2.87. The molecule has 3 rings (SSSR count). The van der Waals surface area contributed by atoms with Crippen LogP contribution in [0.4, 0.5) is 0 Å². The summed E-state index contributed by atoms with van der Waals surface area (Å²) in [4.78, 5) is 0. The summed E-state index contributed by atoms with van der Waals surface area (Å²) in [6.07, 6.45) is 9.01. The lowest BCUT2D eigenvalue weighted by molar-refractivity contribution is -0.0115. The van der Waals surface area contributed by atoms with Crippen molar-refractivity contribution in [3.63, 3.8) is 0 Å². The lowest BCUT2D eigenvalue weighted by Crippen LogP contribution is -2.42. The largest absolute Gasteiger partial charge is 0.504 e. The zero-order valence-electron chi connectivity index (χ0n) is 11.1. The van der Waals surface area contributed by atoms with Crippen LogP contribution in [0.5, 0.6) is 0 Å². The monoisotopic (exact) mass is 220 g/mol. The number of hydrogen-bond donors (Lipinski definition) is 0. The van der Waals surface area contributed by atoms with Gasteiger partial charge < -0.3 is 4.74 Å². The Morgan fingerprint density at radius 3 is 2.62 bits per heavy atom. The minimum absolute atomic E-state index is 0.536. The molecule has 0 amide bonds. The quantitative estimate of drug-likeness (QED) is 0.603. The number of hydrogen-bond acceptors (Lipinski definition) is 1. The van der Waals surface area contributed by atoms with E-state index in [9.17, 15) is 0 Å². The number of allylic oxidation sites excluding steroid dienone is 1. The second kappa shape index (κ2) is 2.86. The lowest BCUT2D eigenvalue weighted by atomic mass is 9.54. The highest BCUT2D eigenvalue weighted by Gasteiger charge is 2.76. The Labute approximate surface area is 99.3 Å². The third-order valence-electron chi connectivity index (χ3n) is 6.09. The summed E-state index contributed by atoms with van der Waals surface area (Å²) in [5.41, 5.74) is 3.31. The smallest absolute Gasteiger partial charge is 0.0819 e. The zero-order valence-corrected chi connectivity index (χ0v) is 11.1. The molecule has 0 radical (unpaired) electrons. The summed E-state index contributed by atoms with van der Waals surface area (Å²) < 4.78 is 5.28. The van der Waals surface area contributed by atoms with Crippen molar-refractivity contribution in [1.29, 1.82) is 0 Å². The van der Waals surface area contributed by atoms with Crippen molar-refractivity contribution in [2.24, 2.45) is 22.2 Å². The molecule has 90 valence electrons. The maximum absolute atomic E-state index is 5.28. The molecule has 3 atom stereocenters. The first-order chi connectivity index (χ1) is 7.47. The van der Waals surface area contributed by atoms with E-state index in [1.165, 1.54) is 32.1 Å². The van der Waals surface area contributed by atoms with Crippen LogP contribution in [0.25, 0.3) is 0 Å². The zero-order chi connectivity index (χ0) is 11.6. The second-order valence-corrected chi connectivity index (χ2v) is 7.13. The van der Waals surface area contributed by atoms with Crippen LogP contribution in [0, 0.1) is 22.2 Å². The van der Waals surface area contributed by atoms with Crippen LogP contribution < -0.4 is 0 Å². The van der Waals surface area contributed by atoms with Crippen LogP contribution >= 0.6 is 0 Å². The van der Waals surface area contributed by atoms with E-state index in [-0.39, 0.29) is 0 Å². The van der Waals surface area contributed by atoms with E-state index in [0.717, 1.165) is 5.92 Å². The minimum atomic E-state index is 0.536. The van der Waals surface area contributed by atoms with Crippen molar-refractivity contribution in [3.05, 3.63) is 11.8 Å². The van der Waals surface area contributed by atoms with Gasteiger partial charge in [0.25, 0.3) is 0 Å². The second-order valence-electron chi connectivity index (χ2n) is 7.13. The van der Waals surface area contributed by atoms with E-state index in [0.29, 0.717) is 16.2 Å². The highest BCUT2D eigenvalue weighted by atomic mass is 16.5. The highest BCUT2D eigenvalue weighted by molar-refractivity contribution is 5.36. The molecule has 3 aliphatic rings. The van der Waals surface area contributed by atoms with Crippen LogP contribution in [-0.2, 0) is 4.74 Å². The molecule has 3 saturated carbocycles. The molecular formula is C15H24O. The molecular weight excluding hydrogens is 196 g/mol. The molecule has 0 aromatic heterocycles. The summed E-state index contributed by atoms with van der Waals surface area (Å²) >= 11 is 0. The molecule has 0 saturated heterocycles. The highest BCUT2D eigenvalue weighted by Crippen LogP contribution is 2.83. The van der Waals surface area contributed by atoms with Crippen molar-refractivity contribution in [1.82, 2.24) is 0 Å². The summed E-state index contributed by atoms with van der Waals surface area (Å²) in [6, 6.07) is 0. The fourth-order valence-corrected chi connectivity index (χ4v) is 5.40. The third kappa shape index (κ3) is 0.983. The van der Waals surface area contributed by atoms with Crippen molar-refractivity contribution in [3.8, 4) is 0 Å². The number of ether oxygens (including phenoxy) is 1. The predicted octanol–water partition coefficient (Wildman–Crippen LogP) is 4.14. The molecule has 3 fully saturated rings. The van der Waals surface area contributed by atoms with Gasteiger partial charge in [0.1, 0.15) is 0 Å². The van der Waals surface area contributed by atoms with Crippen LogP contribution in [0.3, 0.4) is 0 Å². The first-order valence-electron chi connectivity index (χ1n) is 6.69. The van der Waals surface area contributed by atoms with Gasteiger partial charge in [-0.1, -0.05) is 27.2 Å². The molecule has 1 nitrogen and oxygen atoms in total. The Hall–Kier alpha value is -0.460. The predicted molar refractivity (Wildman–Crippen MR) is 66.0 cm³/mol. The third-order valence-corrected chi connectivity index (χ3v) is 6.09. The topological polar surface area (TPSA) is 9.23 Å². The molecule has 1 heteroatoms. The van der Waals surface area contributed by atoms with E-state index < -0.39 is 0 Å². The standard InChI is InChI=1S/C15H24O/c1-13(2)6-5-7-14(3)8-11(10-16-4)12-9-15(12,13)14/h10,12H,5-9H2,1-4H3/b11-10+/t12-,14-,15-/m1/s1. The Bertz CT molecular complexity index is 354. The molecule has 0 heterocycles. The minimum Gasteiger partial charge on any atom is -0.504 e. The van der Waals surface area contributed by atoms with Gasteiger partial charge in [0.05, 0.1) is 13.4 Å². The maximum atomic E-state index is 5.28. The van der Waals surface area contributed by atoms with Gasteiger partial charge in [-0.3, -0.25) is 0 Å². The molecule has 0 aliphatic heterocycles. The summed E-state index contributed by atoms with van der Waals surface area (Å²) in [5, 5.41) is 0. The molecule has 0 N–H and O–H groups in total. The Morgan fingerprint density at radius 2 is 2.00 bits per heavy atom. The molecule has 1 spiro atoms. The summed E-state index contributed by atoms with van der Waals surface area (Å²) in [6.45, 7) is 7.53. The van der Waals surface area contributed by atoms with Gasteiger partial charge in [-0.05, 0) is 53.4 Å². The summed E-state index contributed by atoms with van der Waals surface area (Å²) in [7, 11) is 1.79. The lowest BCUT2D eigenvalue weighted by Gasteiger charge is -2.50. The first-order valence-corrected chi connectivity index (χ1v) is 6.69. The van der Waals surface area contributed by atoms with E-state index in [1.807, 2.05) is 6.26 Å². The van der Waals surface area contributed by atoms with Gasteiger partial charge in [0, 0.05) is 0 Å². The fourth-order valence-electron chi connectivity index (χ4n) is 5.40. The van der Waals surface area contributed by atoms with Crippen LogP contribution in [-0.4, -0.2) is 7.11 Å². The normalized spacial score (nSPS) is 51.0. The van der Waals surface area contributed by atoms with Crippen molar-refractivity contribution < 1.29 is 4.74 Å². The fraction of sp³-hybridized carbons (Fsp3) is 0.867. The average molecular weight is 220 g/mol. The Morgan fingerprint density at radius 1 is 1.25 bits per heavy atom. The molecule has 16 heavy (non-hydrogen) atoms. The first kappa shape index (κ1) is 10.7. The Kier molecular flexibility index (Phi) is 1.91. The summed E-state index contributed by atoms with van der Waals surface area (Å²) in [5.74, 6) is 0.841. The molecule has 0 aromatic carbocycles. The SMILES string of the molecule is CO/C=C1\C[C@@]2(C)CCCC(C)(C)[C@]23C[C@H]13. The number of methoxy groups -OCH3 is 1. The molecule has 3 aliphatic carbocycles. The van der Waals surface area contributed by atoms with Gasteiger partial charge in [0.2, 0.25) is 0 Å². The Balaban J connectivity index is 2.03. The molecule has 0 aromatic rings. The number of rotatable bonds is 1. The molecule has 0 unspecified atom stereocenters. The van der Waals surface area contributed by atoms with Crippen LogP contribution in [0.15, 0.2) is 11.8 Å². The van der Waals surface area contributed by atoms with Crippen molar-refractivity contribution in [2.75, 3.05) is 7.11 Å². The van der Waals surface area contributed by atoms with Crippen LogP contribution in [0.2, 0.25) is 0 Å². The van der Waals surface area contributed by atoms with Crippen molar-refractivity contribution in [2.45, 2.75) is 52.9 Å². The van der Waals surface area contributed by atoms with Crippen molar-refractivity contribution >= 4 is 0 Å². The van der Waals surface area contributed by atoms with E-state index >= 15 is 0 Å². The van der Waals surface area contributed by atoms with Gasteiger partial charge in [-0.15, -0.1) is 0 Å². The van der Waals surface area contributed by atoms with Gasteiger partial charge in [0.15, 0.2) is 0 Å². The van der Waals surface area contributed by atoms with Crippen LogP contribution in [0.1, 0.15) is 52.9 Å². The van der Waals surface area contributed by atoms with Gasteiger partial charge in [-0.25, -0.2) is 0 Å². The van der Waals surface area contributed by atoms with E-state index in [1.54, 1.807) is 12.7 Å². The van der Waals surface area contributed by atoms with E-state index in [4.69, 9.17) is 4.74 Å². The maximum Gasteiger partial charge on any atom is 0.0819 e.